The Balaban J connectivity index is 0.000000166. The number of phenolic OH excluding ortho intramolecular Hbond substituents is 1. The Hall–Kier alpha value is -10.1. The number of ether oxygens (including phenoxy) is 3. The highest BCUT2D eigenvalue weighted by atomic mass is 16.5. The molecular weight excluding hydrogens is 1230 g/mol. The number of imidazole rings is 1. The molecule has 0 fully saturated rings. The molecule has 0 radical (unpaired) electrons. The van der Waals surface area contributed by atoms with Gasteiger partial charge >= 0.3 is 0 Å². The van der Waals surface area contributed by atoms with Gasteiger partial charge in [0.2, 0.25) is 0 Å². The third-order valence-electron chi connectivity index (χ3n) is 15.6. The molecule has 0 atom stereocenters. The number of aromatic amines is 4. The minimum Gasteiger partial charge on any atom is -0.505 e. The van der Waals surface area contributed by atoms with Crippen molar-refractivity contribution in [2.45, 2.75) is 83.1 Å². The number of hydrogen-bond acceptors (Lipinski definition) is 14. The van der Waals surface area contributed by atoms with E-state index in [1.54, 1.807) is 42.6 Å². The second kappa shape index (κ2) is 30.7. The van der Waals surface area contributed by atoms with E-state index in [-0.39, 0.29) is 65.6 Å². The number of rotatable bonds is 19. The number of aromatic hydroxyl groups is 1. The number of nitrogen functional groups attached to an aromatic ring is 2. The summed E-state index contributed by atoms with van der Waals surface area (Å²) >= 11 is 0. The van der Waals surface area contributed by atoms with Crippen molar-refractivity contribution in [3.63, 3.8) is 0 Å². The van der Waals surface area contributed by atoms with Crippen molar-refractivity contribution in [1.82, 2.24) is 34.8 Å². The Bertz CT molecular complexity index is 4590. The first-order valence-electron chi connectivity index (χ1n) is 32.2. The molecule has 1 amide bonds. The Labute approximate surface area is 565 Å². The average Bonchev–Trinajstić information content (AvgIpc) is 1.68. The number of anilines is 2. The number of benzene rings is 6. The molecule has 0 unspecified atom stereocenters. The monoisotopic (exact) mass is 1320 g/mol. The molecule has 11 aromatic rings. The number of phenols is 1. The molecule has 11 rings (SSSR count). The first-order valence-corrected chi connectivity index (χ1v) is 32.2. The van der Waals surface area contributed by atoms with Gasteiger partial charge in [0.05, 0.1) is 62.1 Å². The maximum atomic E-state index is 12.5. The fourth-order valence-electron chi connectivity index (χ4n) is 10.5. The molecule has 12 N–H and O–H groups in total. The second-order valence-electron chi connectivity index (χ2n) is 27.9. The van der Waals surface area contributed by atoms with Crippen molar-refractivity contribution in [2.24, 2.45) is 28.7 Å². The lowest BCUT2D eigenvalue weighted by Gasteiger charge is -2.17. The number of amides is 1. The number of nitrogens with zero attached hydrogens (tertiary/aromatic N) is 2. The zero-order valence-corrected chi connectivity index (χ0v) is 57.7. The summed E-state index contributed by atoms with van der Waals surface area (Å²) in [6, 6.07) is 43.6. The Morgan fingerprint density at radius 3 is 1.49 bits per heavy atom. The molecule has 0 saturated heterocycles. The highest BCUT2D eigenvalue weighted by molar-refractivity contribution is 6.07. The smallest absolute Gasteiger partial charge is 0.267 e. The van der Waals surface area contributed by atoms with Crippen LogP contribution >= 0.6 is 0 Å². The SMILES string of the molecule is CC(C)(C)C(=O)c1ccc2[nH]c(-c3ccc(OCCOCCO)cc3)cc2c1.CC(C)(C)C(=O)c1ccc2[nH]c(-c3cccc(N)c3)cc2c1.CC(C)(C)C(=O)c1ccc2[nH]c(C(=O)NCCOCCO)cc2c1.Cn1cc(N)cc1-c1nc2c(O)c(C(=O)C(C)(C)C)ccc2[nH]1. The van der Waals surface area contributed by atoms with Crippen molar-refractivity contribution < 1.29 is 53.5 Å². The van der Waals surface area contributed by atoms with Crippen molar-refractivity contribution in [3.8, 4) is 45.5 Å². The molecule has 510 valence electrons. The fraction of sp³-hybridized carbons (Fsp3) is 0.325. The zero-order valence-electron chi connectivity index (χ0n) is 57.7. The number of carbonyl (C=O) groups excluding carboxylic acids is 5. The Morgan fingerprint density at radius 2 is 1.00 bits per heavy atom. The van der Waals surface area contributed by atoms with E-state index in [1.807, 2.05) is 186 Å². The molecule has 0 bridgehead atoms. The van der Waals surface area contributed by atoms with Gasteiger partial charge in [-0.1, -0.05) is 95.2 Å². The van der Waals surface area contributed by atoms with Crippen molar-refractivity contribution in [1.29, 1.82) is 0 Å². The number of ketones is 4. The van der Waals surface area contributed by atoms with Crippen molar-refractivity contribution in [3.05, 3.63) is 174 Å². The lowest BCUT2D eigenvalue weighted by Crippen LogP contribution is -2.27. The number of fused-ring (bicyclic) bond motifs is 4. The molecule has 0 saturated carbocycles. The van der Waals surface area contributed by atoms with E-state index in [9.17, 15) is 29.1 Å². The summed E-state index contributed by atoms with van der Waals surface area (Å²) < 4.78 is 17.7. The number of Topliss-reactive ketones (excluding diaryl/α,β-unsaturated/α-hetero) is 4. The van der Waals surface area contributed by atoms with E-state index in [1.165, 1.54) is 0 Å². The summed E-state index contributed by atoms with van der Waals surface area (Å²) in [5, 5.41) is 33.4. The predicted octanol–water partition coefficient (Wildman–Crippen LogP) is 14.3. The third kappa shape index (κ3) is 18.7. The molecule has 97 heavy (non-hydrogen) atoms. The molecule has 0 aliphatic rings. The number of carbonyl (C=O) groups is 5. The summed E-state index contributed by atoms with van der Waals surface area (Å²) in [5.74, 6) is 1.28. The van der Waals surface area contributed by atoms with E-state index < -0.39 is 16.2 Å². The fourth-order valence-corrected chi connectivity index (χ4v) is 10.5. The highest BCUT2D eigenvalue weighted by Gasteiger charge is 2.29. The van der Waals surface area contributed by atoms with E-state index in [0.717, 1.165) is 83.5 Å². The number of aromatic nitrogens is 6. The molecule has 0 aliphatic carbocycles. The van der Waals surface area contributed by atoms with Gasteiger partial charge in [-0.15, -0.1) is 0 Å². The quantitative estimate of drug-likeness (QED) is 0.0204. The number of nitrogens with two attached hydrogens (primary N) is 2. The van der Waals surface area contributed by atoms with Crippen LogP contribution in [0.25, 0.3) is 77.8 Å². The first kappa shape index (κ1) is 72.7. The van der Waals surface area contributed by atoms with Gasteiger partial charge < -0.3 is 70.8 Å². The lowest BCUT2D eigenvalue weighted by molar-refractivity contribution is 0.0705. The van der Waals surface area contributed by atoms with Crippen LogP contribution in [-0.4, -0.2) is 127 Å². The summed E-state index contributed by atoms with van der Waals surface area (Å²) in [4.78, 5) is 79.3. The van der Waals surface area contributed by atoms with Gasteiger partial charge in [0.1, 0.15) is 23.6 Å². The molecule has 6 aromatic carbocycles. The summed E-state index contributed by atoms with van der Waals surface area (Å²) in [5.41, 5.74) is 22.8. The largest absolute Gasteiger partial charge is 0.505 e. The van der Waals surface area contributed by atoms with Crippen molar-refractivity contribution >= 4 is 84.2 Å². The maximum absolute atomic E-state index is 12.5. The van der Waals surface area contributed by atoms with Crippen LogP contribution in [0.1, 0.15) is 135 Å². The number of H-pyrrole nitrogens is 4. The van der Waals surface area contributed by atoms with Gasteiger partial charge in [0.15, 0.2) is 34.7 Å². The van der Waals surface area contributed by atoms with Gasteiger partial charge in [-0.05, 0) is 139 Å². The van der Waals surface area contributed by atoms with Crippen molar-refractivity contribution in [2.75, 3.05) is 64.3 Å². The van der Waals surface area contributed by atoms with Crippen LogP contribution in [0.5, 0.6) is 11.5 Å². The normalized spacial score (nSPS) is 11.8. The third-order valence-corrected chi connectivity index (χ3v) is 15.6. The lowest BCUT2D eigenvalue weighted by atomic mass is 9.86. The van der Waals surface area contributed by atoms with Gasteiger partial charge in [-0.25, -0.2) is 4.98 Å². The van der Waals surface area contributed by atoms with Gasteiger partial charge in [0, 0.05) is 108 Å². The van der Waals surface area contributed by atoms with Crippen LogP contribution in [0.2, 0.25) is 0 Å². The molecule has 0 spiro atoms. The standard InChI is InChI=1S/C23H27NO4.C19H20N2O.C18H24N2O4.C17H20N4O2/c1-23(2,3)22(26)17-6-9-20-18(14-17)15-21(24-20)16-4-7-19(8-5-16)28-13-12-27-11-10-25;1-19(2,3)18(22)13-7-8-16-14(9-13)11-17(21-16)12-5-4-6-15(20)10-12;1-18(2,3)16(22)12-4-5-14-13(10-12)11-15(20-14)17(23)19-6-8-24-9-7-21;1-17(2,3)15(23)10-5-6-11-13(14(10)22)20-16(19-11)12-7-9(18)8-21(12)4/h4-9,14-15,24-25H,10-13H2,1-3H3;4-11,21H,20H2,1-3H3;4-5,10-11,20-21H,6-9H2,1-3H3,(H,19,23);5-8,22H,18H2,1-4H3,(H,19,20). The zero-order chi connectivity index (χ0) is 70.7. The van der Waals surface area contributed by atoms with Crippen LogP contribution < -0.4 is 21.5 Å². The van der Waals surface area contributed by atoms with E-state index in [2.05, 4.69) is 42.4 Å². The molecule has 5 aromatic heterocycles. The minimum absolute atomic E-state index is 0.0189. The number of aliphatic hydroxyl groups is 2. The minimum atomic E-state index is -0.573. The molecular formula is C77H91N9O11. The molecule has 20 nitrogen and oxygen atoms in total. The Morgan fingerprint density at radius 1 is 0.505 bits per heavy atom. The van der Waals surface area contributed by atoms with Crippen LogP contribution in [0.4, 0.5) is 11.4 Å². The van der Waals surface area contributed by atoms with Gasteiger partial charge in [0.25, 0.3) is 5.91 Å². The van der Waals surface area contributed by atoms with Crippen LogP contribution in [0, 0.1) is 21.7 Å². The van der Waals surface area contributed by atoms with Crippen LogP contribution in [0.15, 0.2) is 146 Å². The average molecular weight is 1320 g/mol. The topological polar surface area (TPSA) is 319 Å². The number of nitrogens with one attached hydrogen (secondary N) is 5. The summed E-state index contributed by atoms with van der Waals surface area (Å²) in [7, 11) is 1.87. The first-order chi connectivity index (χ1) is 45.7. The highest BCUT2D eigenvalue weighted by Crippen LogP contribution is 2.36. The van der Waals surface area contributed by atoms with E-state index >= 15 is 0 Å². The van der Waals surface area contributed by atoms with Crippen LogP contribution in [0.3, 0.4) is 0 Å². The van der Waals surface area contributed by atoms with Crippen LogP contribution in [-0.2, 0) is 16.5 Å². The molecule has 20 heteroatoms. The predicted molar refractivity (Wildman–Crippen MR) is 386 cm³/mol. The van der Waals surface area contributed by atoms with E-state index in [0.29, 0.717) is 66.8 Å². The number of aryl methyl sites for hydroxylation is 1. The Kier molecular flexibility index (Phi) is 23.0. The molecule has 5 heterocycles. The van der Waals surface area contributed by atoms with Gasteiger partial charge in [-0.3, -0.25) is 24.0 Å². The van der Waals surface area contributed by atoms with Gasteiger partial charge in [-0.2, -0.15) is 0 Å². The second-order valence-corrected chi connectivity index (χ2v) is 27.9. The maximum Gasteiger partial charge on any atom is 0.267 e. The summed E-state index contributed by atoms with van der Waals surface area (Å²) in [6.45, 7) is 24.9. The summed E-state index contributed by atoms with van der Waals surface area (Å²) in [6.07, 6.45) is 1.79. The van der Waals surface area contributed by atoms with E-state index in [4.69, 9.17) is 35.9 Å². The molecule has 0 aliphatic heterocycles. The number of aliphatic hydroxyl groups excluding tert-OH is 2. The number of hydrogen-bond donors (Lipinski definition) is 10.